The van der Waals surface area contributed by atoms with E-state index in [0.717, 1.165) is 0 Å². The zero-order valence-electron chi connectivity index (χ0n) is 21.8. The maximum Gasteiger partial charge on any atom is 4.00 e. The van der Waals surface area contributed by atoms with Crippen molar-refractivity contribution in [3.05, 3.63) is 85.6 Å². The Labute approximate surface area is 217 Å². The van der Waals surface area contributed by atoms with E-state index in [9.17, 15) is 0 Å². The molecule has 0 amide bonds. The second kappa shape index (κ2) is 10.4. The zero-order chi connectivity index (χ0) is 21.1. The molecule has 4 aromatic carbocycles. The van der Waals surface area contributed by atoms with Crippen LogP contribution in [0.5, 0.6) is 0 Å². The Kier molecular flexibility index (Phi) is 9.32. The summed E-state index contributed by atoms with van der Waals surface area (Å²) >= 11 is 0. The molecule has 2 heteroatoms. The monoisotopic (exact) mass is 518 g/mol. The average molecular weight is 520 g/mol. The van der Waals surface area contributed by atoms with Gasteiger partial charge in [0.2, 0.25) is 0 Å². The number of aryl methyl sites for hydroxylation is 2. The van der Waals surface area contributed by atoms with Crippen molar-refractivity contribution < 1.29 is 26.2 Å². The molecule has 0 saturated carbocycles. The molecule has 0 bridgehead atoms. The summed E-state index contributed by atoms with van der Waals surface area (Å²) in [6.45, 7) is 19.1. The maximum atomic E-state index is 2.57. The van der Waals surface area contributed by atoms with E-state index in [2.05, 4.69) is 103 Å². The first-order valence-corrected chi connectivity index (χ1v) is 14.0. The van der Waals surface area contributed by atoms with Crippen LogP contribution >= 0.6 is 0 Å². The van der Waals surface area contributed by atoms with Crippen LogP contribution in [0.2, 0.25) is 13.1 Å². The van der Waals surface area contributed by atoms with E-state index in [1.54, 1.807) is 10.4 Å². The number of hydrogen-bond donors (Lipinski definition) is 0. The first-order chi connectivity index (χ1) is 13.6. The molecule has 0 nitrogen and oxygen atoms in total. The van der Waals surface area contributed by atoms with Crippen LogP contribution in [0.4, 0.5) is 0 Å². The molecule has 0 aromatic heterocycles. The predicted octanol–water partition coefficient (Wildman–Crippen LogP) is 8.02. The number of rotatable bonds is 4. The molecule has 0 radical (unpaired) electrons. The predicted molar refractivity (Wildman–Crippen MR) is 146 cm³/mol. The summed E-state index contributed by atoms with van der Waals surface area (Å²) < 4.78 is 0. The Bertz CT molecular complexity index is 1110. The summed E-state index contributed by atoms with van der Waals surface area (Å²) in [4.78, 5) is 0. The molecule has 0 unspecified atom stereocenters. The fourth-order valence-corrected chi connectivity index (χ4v) is 9.89. The molecule has 0 heterocycles. The summed E-state index contributed by atoms with van der Waals surface area (Å²) in [7, 11) is -1.92. The normalized spacial score (nSPS) is 11.6. The van der Waals surface area contributed by atoms with Crippen molar-refractivity contribution >= 4 is 40.0 Å². The Morgan fingerprint density at radius 2 is 1.00 bits per heavy atom. The fourth-order valence-electron chi connectivity index (χ4n) is 5.70. The number of fused-ring (bicyclic) bond motifs is 2. The molecule has 0 spiro atoms. The van der Waals surface area contributed by atoms with Crippen LogP contribution in [0.1, 0.15) is 61.8 Å². The average Bonchev–Trinajstić information content (AvgIpc) is 3.16. The van der Waals surface area contributed by atoms with E-state index in [1.807, 2.05) is 0 Å². The SMILES string of the molecule is Cc1[cH-]c2cccc(C(C)C)c2c1[Si](C)(C)c1c(C)[cH-]c2cccc(C(C)C)c12.[CH3-].[CH3-].[Zr+4]. The van der Waals surface area contributed by atoms with Gasteiger partial charge < -0.3 is 14.9 Å². The van der Waals surface area contributed by atoms with Crippen LogP contribution in [-0.4, -0.2) is 8.07 Å². The second-order valence-electron chi connectivity index (χ2n) is 9.96. The van der Waals surface area contributed by atoms with Gasteiger partial charge in [-0.05, 0) is 11.8 Å². The molecule has 0 aliphatic rings. The van der Waals surface area contributed by atoms with Gasteiger partial charge in [-0.2, -0.15) is 10.4 Å². The maximum absolute atomic E-state index is 2.57. The third-order valence-electron chi connectivity index (χ3n) is 6.78. The molecule has 0 aliphatic carbocycles. The van der Waals surface area contributed by atoms with E-state index < -0.39 is 8.07 Å². The van der Waals surface area contributed by atoms with Crippen molar-refractivity contribution in [2.75, 3.05) is 0 Å². The quantitative estimate of drug-likeness (QED) is 0.189. The van der Waals surface area contributed by atoms with Gasteiger partial charge in [-0.3, -0.25) is 0 Å². The molecule has 0 N–H and O–H groups in total. The van der Waals surface area contributed by atoms with Crippen molar-refractivity contribution in [1.29, 1.82) is 0 Å². The van der Waals surface area contributed by atoms with Gasteiger partial charge in [-0.15, -0.1) is 69.1 Å². The van der Waals surface area contributed by atoms with Crippen molar-refractivity contribution in [3.63, 3.8) is 0 Å². The second-order valence-corrected chi connectivity index (χ2v) is 14.2. The molecule has 0 atom stereocenters. The van der Waals surface area contributed by atoms with Crippen molar-refractivity contribution in [3.8, 4) is 0 Å². The minimum Gasteiger partial charge on any atom is -0.358 e. The summed E-state index contributed by atoms with van der Waals surface area (Å²) in [5.74, 6) is 1.07. The zero-order valence-corrected chi connectivity index (χ0v) is 25.2. The van der Waals surface area contributed by atoms with Gasteiger partial charge in [-0.25, -0.2) is 0 Å². The number of benzene rings is 2. The van der Waals surface area contributed by atoms with Gasteiger partial charge in [0.15, 0.2) is 0 Å². The van der Waals surface area contributed by atoms with Gasteiger partial charge in [-0.1, -0.05) is 77.9 Å². The molecule has 4 rings (SSSR count). The molecule has 0 fully saturated rings. The van der Waals surface area contributed by atoms with E-state index in [-0.39, 0.29) is 41.1 Å². The first-order valence-electron chi connectivity index (χ1n) is 11.0. The Hall–Kier alpha value is -1.24. The first kappa shape index (κ1) is 28.8. The van der Waals surface area contributed by atoms with Gasteiger partial charge >= 0.3 is 26.2 Å². The van der Waals surface area contributed by atoms with Crippen LogP contribution in [0.15, 0.2) is 48.5 Å². The number of hydrogen-bond acceptors (Lipinski definition) is 0. The fraction of sp³-hybridized carbons (Fsp3) is 0.333. The molecular weight excluding hydrogens is 480 g/mol. The van der Waals surface area contributed by atoms with Crippen LogP contribution < -0.4 is 10.4 Å². The van der Waals surface area contributed by atoms with E-state index >= 15 is 0 Å². The van der Waals surface area contributed by atoms with Gasteiger partial charge in [0.1, 0.15) is 0 Å². The summed E-state index contributed by atoms with van der Waals surface area (Å²) in [6.07, 6.45) is 0. The van der Waals surface area contributed by atoms with Crippen molar-refractivity contribution in [2.45, 2.75) is 66.5 Å². The topological polar surface area (TPSA) is 0 Å². The van der Waals surface area contributed by atoms with Crippen LogP contribution in [0, 0.1) is 28.7 Å². The Morgan fingerprint density at radius 1 is 0.656 bits per heavy atom. The minimum atomic E-state index is -1.92. The molecule has 168 valence electrons. The third-order valence-corrected chi connectivity index (χ3v) is 10.6. The van der Waals surface area contributed by atoms with Gasteiger partial charge in [0.05, 0.1) is 0 Å². The smallest absolute Gasteiger partial charge is 0.358 e. The summed E-state index contributed by atoms with van der Waals surface area (Å²) in [5.41, 5.74) is 5.95. The standard InChI is InChI=1S/C28H34Si.2CH3.Zr/c1-17(2)23-13-9-11-21-15-19(5)27(25(21)23)29(7,8)28-20(6)16-22-12-10-14-24(18(3)4)26(22)28;;;/h9-18H,1-8H3;2*1H3;/q-2;2*-1;+4. The Morgan fingerprint density at radius 3 is 1.31 bits per heavy atom. The van der Waals surface area contributed by atoms with Crippen molar-refractivity contribution in [2.24, 2.45) is 0 Å². The van der Waals surface area contributed by atoms with Gasteiger partial charge in [0, 0.05) is 8.07 Å². The van der Waals surface area contributed by atoms with E-state index in [4.69, 9.17) is 0 Å². The van der Waals surface area contributed by atoms with Crippen LogP contribution in [0.3, 0.4) is 0 Å². The van der Waals surface area contributed by atoms with Crippen LogP contribution in [-0.2, 0) is 26.2 Å². The minimum absolute atomic E-state index is 0. The molecule has 0 aliphatic heterocycles. The van der Waals surface area contributed by atoms with E-state index in [0.29, 0.717) is 11.8 Å². The molecule has 32 heavy (non-hydrogen) atoms. The van der Waals surface area contributed by atoms with E-state index in [1.165, 1.54) is 43.8 Å². The molecule has 4 aromatic rings. The summed E-state index contributed by atoms with van der Waals surface area (Å²) in [6, 6.07) is 18.6. The van der Waals surface area contributed by atoms with Crippen LogP contribution in [0.25, 0.3) is 21.5 Å². The van der Waals surface area contributed by atoms with Gasteiger partial charge in [0.25, 0.3) is 0 Å². The third kappa shape index (κ3) is 4.43. The molecule has 0 saturated heterocycles. The van der Waals surface area contributed by atoms with Crippen molar-refractivity contribution in [1.82, 2.24) is 0 Å². The largest absolute Gasteiger partial charge is 4.00 e. The Balaban J connectivity index is 0.00000171. The molecular formula is C30H40SiZr. The summed E-state index contributed by atoms with van der Waals surface area (Å²) in [5, 5.41) is 9.19.